The zero-order chi connectivity index (χ0) is 14.1. The van der Waals surface area contributed by atoms with E-state index in [1.165, 1.54) is 4.90 Å². The van der Waals surface area contributed by atoms with Crippen LogP contribution >= 0.6 is 11.6 Å². The van der Waals surface area contributed by atoms with E-state index in [1.807, 2.05) is 12.1 Å². The number of fused-ring (bicyclic) bond motifs is 1. The fourth-order valence-electron chi connectivity index (χ4n) is 2.19. The van der Waals surface area contributed by atoms with E-state index in [1.54, 1.807) is 36.4 Å². The molecule has 5 heteroatoms. The highest BCUT2D eigenvalue weighted by molar-refractivity contribution is 6.31. The second kappa shape index (κ2) is 4.98. The zero-order valence-electron chi connectivity index (χ0n) is 10.5. The lowest BCUT2D eigenvalue weighted by Gasteiger charge is -2.29. The Hall–Kier alpha value is -2.33. The molecule has 0 saturated heterocycles. The van der Waals surface area contributed by atoms with Gasteiger partial charge >= 0.3 is 0 Å². The number of carbonyl (C=O) groups excluding carboxylic acids is 2. The molecule has 1 aliphatic rings. The maximum absolute atomic E-state index is 12.5. The molecule has 4 nitrogen and oxygen atoms in total. The van der Waals surface area contributed by atoms with Crippen molar-refractivity contribution in [3.63, 3.8) is 0 Å². The molecule has 3 rings (SSSR count). The number of halogens is 1. The summed E-state index contributed by atoms with van der Waals surface area (Å²) in [6.07, 6.45) is 0. The number of para-hydroxylation sites is 2. The van der Waals surface area contributed by atoms with Crippen LogP contribution in [0.2, 0.25) is 5.02 Å². The molecule has 2 aromatic carbocycles. The van der Waals surface area contributed by atoms with Crippen LogP contribution in [-0.4, -0.2) is 18.4 Å². The van der Waals surface area contributed by atoms with Gasteiger partial charge in [0.25, 0.3) is 5.91 Å². The van der Waals surface area contributed by atoms with E-state index in [0.717, 1.165) is 0 Å². The first-order chi connectivity index (χ1) is 9.65. The van der Waals surface area contributed by atoms with Gasteiger partial charge in [0, 0.05) is 10.6 Å². The van der Waals surface area contributed by atoms with Crippen molar-refractivity contribution >= 4 is 34.8 Å². The van der Waals surface area contributed by atoms with Gasteiger partial charge in [-0.3, -0.25) is 14.5 Å². The van der Waals surface area contributed by atoms with Gasteiger partial charge in [-0.25, -0.2) is 0 Å². The van der Waals surface area contributed by atoms with Crippen LogP contribution in [0.5, 0.6) is 0 Å². The molecule has 20 heavy (non-hydrogen) atoms. The van der Waals surface area contributed by atoms with Crippen LogP contribution < -0.4 is 10.2 Å². The Kier molecular flexibility index (Phi) is 3.16. The summed E-state index contributed by atoms with van der Waals surface area (Å²) in [5.74, 6) is -0.450. The predicted molar refractivity (Wildman–Crippen MR) is 78.2 cm³/mol. The lowest BCUT2D eigenvalue weighted by atomic mass is 10.1. The number of rotatable bonds is 1. The minimum atomic E-state index is -0.241. The molecule has 0 radical (unpaired) electrons. The molecule has 1 heterocycles. The Labute approximate surface area is 121 Å². The lowest BCUT2D eigenvalue weighted by molar-refractivity contribution is -0.115. The first-order valence-corrected chi connectivity index (χ1v) is 6.49. The third-order valence-electron chi connectivity index (χ3n) is 3.09. The van der Waals surface area contributed by atoms with Crippen LogP contribution in [0.4, 0.5) is 11.4 Å². The Morgan fingerprint density at radius 2 is 1.95 bits per heavy atom. The molecule has 0 aromatic heterocycles. The highest BCUT2D eigenvalue weighted by atomic mass is 35.5. The molecule has 100 valence electrons. The summed E-state index contributed by atoms with van der Waals surface area (Å²) < 4.78 is 0. The summed E-state index contributed by atoms with van der Waals surface area (Å²) in [7, 11) is 0. The second-order valence-corrected chi connectivity index (χ2v) is 4.90. The number of nitrogens with zero attached hydrogens (tertiary/aromatic N) is 1. The van der Waals surface area contributed by atoms with E-state index in [-0.39, 0.29) is 18.4 Å². The first-order valence-electron chi connectivity index (χ1n) is 6.11. The standard InChI is InChI=1S/C15H11ClN2O2/c16-11-5-3-4-10(8-11)15(20)18-9-14(19)17-12-6-1-2-7-13(12)18/h1-8H,9H2,(H,17,19). The Balaban J connectivity index is 2.02. The predicted octanol–water partition coefficient (Wildman–Crippen LogP) is 2.94. The van der Waals surface area contributed by atoms with E-state index in [9.17, 15) is 9.59 Å². The van der Waals surface area contributed by atoms with Crippen molar-refractivity contribution in [2.24, 2.45) is 0 Å². The van der Waals surface area contributed by atoms with Crippen molar-refractivity contribution in [2.75, 3.05) is 16.8 Å². The molecule has 0 atom stereocenters. The van der Waals surface area contributed by atoms with E-state index >= 15 is 0 Å². The van der Waals surface area contributed by atoms with E-state index in [4.69, 9.17) is 11.6 Å². The Morgan fingerprint density at radius 3 is 2.75 bits per heavy atom. The number of carbonyl (C=O) groups is 2. The summed E-state index contributed by atoms with van der Waals surface area (Å²) in [5, 5.41) is 3.24. The molecule has 0 aliphatic carbocycles. The topological polar surface area (TPSA) is 49.4 Å². The van der Waals surface area contributed by atoms with Crippen molar-refractivity contribution in [1.29, 1.82) is 0 Å². The van der Waals surface area contributed by atoms with Crippen molar-refractivity contribution in [2.45, 2.75) is 0 Å². The van der Waals surface area contributed by atoms with Crippen molar-refractivity contribution < 1.29 is 9.59 Å². The molecule has 0 unspecified atom stereocenters. The minimum Gasteiger partial charge on any atom is -0.323 e. The summed E-state index contributed by atoms with van der Waals surface area (Å²) >= 11 is 5.91. The Morgan fingerprint density at radius 1 is 1.15 bits per heavy atom. The van der Waals surface area contributed by atoms with E-state index < -0.39 is 0 Å². The smallest absolute Gasteiger partial charge is 0.258 e. The molecule has 0 spiro atoms. The summed E-state index contributed by atoms with van der Waals surface area (Å²) in [4.78, 5) is 25.7. The van der Waals surface area contributed by atoms with Crippen LogP contribution in [0.3, 0.4) is 0 Å². The minimum absolute atomic E-state index is 0.00234. The fourth-order valence-corrected chi connectivity index (χ4v) is 2.38. The SMILES string of the molecule is O=C1CN(C(=O)c2cccc(Cl)c2)c2ccccc2N1. The number of nitrogens with one attached hydrogen (secondary N) is 1. The number of hydrogen-bond donors (Lipinski definition) is 1. The summed E-state index contributed by atoms with van der Waals surface area (Å²) in [6.45, 7) is 0.00234. The summed E-state index contributed by atoms with van der Waals surface area (Å²) in [6, 6.07) is 13.9. The molecule has 1 aliphatic heterocycles. The number of hydrogen-bond acceptors (Lipinski definition) is 2. The molecule has 2 amide bonds. The van der Waals surface area contributed by atoms with E-state index in [2.05, 4.69) is 5.32 Å². The highest BCUT2D eigenvalue weighted by Gasteiger charge is 2.27. The molecular weight excluding hydrogens is 276 g/mol. The van der Waals surface area contributed by atoms with E-state index in [0.29, 0.717) is 22.0 Å². The number of anilines is 2. The largest absolute Gasteiger partial charge is 0.323 e. The number of amides is 2. The quantitative estimate of drug-likeness (QED) is 0.876. The highest BCUT2D eigenvalue weighted by Crippen LogP contribution is 2.30. The lowest BCUT2D eigenvalue weighted by Crippen LogP contribution is -2.42. The first kappa shape index (κ1) is 12.7. The third kappa shape index (κ3) is 2.26. The third-order valence-corrected chi connectivity index (χ3v) is 3.32. The van der Waals surface area contributed by atoms with Gasteiger partial charge in [0.15, 0.2) is 0 Å². The van der Waals surface area contributed by atoms with Crippen molar-refractivity contribution in [3.05, 3.63) is 59.1 Å². The van der Waals surface area contributed by atoms with Gasteiger partial charge in [0.05, 0.1) is 11.4 Å². The van der Waals surface area contributed by atoms with Crippen LogP contribution in [0.25, 0.3) is 0 Å². The normalized spacial score (nSPS) is 13.7. The van der Waals surface area contributed by atoms with Gasteiger partial charge in [-0.15, -0.1) is 0 Å². The van der Waals surface area contributed by atoms with Gasteiger partial charge in [-0.2, -0.15) is 0 Å². The second-order valence-electron chi connectivity index (χ2n) is 4.47. The molecular formula is C15H11ClN2O2. The maximum Gasteiger partial charge on any atom is 0.258 e. The van der Waals surface area contributed by atoms with Crippen molar-refractivity contribution in [1.82, 2.24) is 0 Å². The maximum atomic E-state index is 12.5. The average Bonchev–Trinajstić information content (AvgIpc) is 2.45. The molecule has 2 aromatic rings. The fraction of sp³-hybridized carbons (Fsp3) is 0.0667. The number of benzene rings is 2. The molecule has 0 bridgehead atoms. The van der Waals surface area contributed by atoms with Crippen LogP contribution in [-0.2, 0) is 4.79 Å². The Bertz CT molecular complexity index is 700. The zero-order valence-corrected chi connectivity index (χ0v) is 11.2. The van der Waals surface area contributed by atoms with Gasteiger partial charge in [0.1, 0.15) is 6.54 Å². The summed E-state index contributed by atoms with van der Waals surface area (Å²) in [5.41, 5.74) is 1.79. The van der Waals surface area contributed by atoms with Crippen LogP contribution in [0.15, 0.2) is 48.5 Å². The average molecular weight is 287 g/mol. The molecule has 0 saturated carbocycles. The monoisotopic (exact) mass is 286 g/mol. The van der Waals surface area contributed by atoms with Gasteiger partial charge in [-0.05, 0) is 30.3 Å². The molecule has 1 N–H and O–H groups in total. The molecule has 0 fully saturated rings. The van der Waals surface area contributed by atoms with Gasteiger partial charge in [-0.1, -0.05) is 29.8 Å². The van der Waals surface area contributed by atoms with Gasteiger partial charge in [0.2, 0.25) is 5.91 Å². The van der Waals surface area contributed by atoms with Crippen LogP contribution in [0, 0.1) is 0 Å². The van der Waals surface area contributed by atoms with Gasteiger partial charge < -0.3 is 5.32 Å². The van der Waals surface area contributed by atoms with Crippen molar-refractivity contribution in [3.8, 4) is 0 Å². The van der Waals surface area contributed by atoms with Crippen LogP contribution in [0.1, 0.15) is 10.4 Å².